The van der Waals surface area contributed by atoms with Crippen molar-refractivity contribution in [2.24, 2.45) is 0 Å². The SMILES string of the molecule is C=C(NNC(=O)Cn1ccc(C(F)(F)F)n1)c1cc2ccccc2o1. The fourth-order valence-corrected chi connectivity index (χ4v) is 2.12. The van der Waals surface area contributed by atoms with Crippen molar-refractivity contribution in [3.05, 3.63) is 60.6 Å². The van der Waals surface area contributed by atoms with E-state index in [1.807, 2.05) is 18.2 Å². The number of hydrogen-bond acceptors (Lipinski definition) is 4. The maximum atomic E-state index is 12.5. The van der Waals surface area contributed by atoms with Crippen LogP contribution in [0.25, 0.3) is 16.7 Å². The first kappa shape index (κ1) is 16.6. The predicted octanol–water partition coefficient (Wildman–Crippen LogP) is 2.94. The lowest BCUT2D eigenvalue weighted by molar-refractivity contribution is -0.141. The Morgan fingerprint density at radius 2 is 2.00 bits per heavy atom. The van der Waals surface area contributed by atoms with Crippen molar-refractivity contribution in [2.45, 2.75) is 12.7 Å². The first-order valence-corrected chi connectivity index (χ1v) is 7.16. The van der Waals surface area contributed by atoms with E-state index in [9.17, 15) is 18.0 Å². The van der Waals surface area contributed by atoms with E-state index < -0.39 is 17.8 Å². The average Bonchev–Trinajstić information content (AvgIpc) is 3.18. The number of carbonyl (C=O) groups excluding carboxylic acids is 1. The van der Waals surface area contributed by atoms with Crippen molar-refractivity contribution >= 4 is 22.6 Å². The first-order chi connectivity index (χ1) is 11.8. The van der Waals surface area contributed by atoms with Crippen molar-refractivity contribution in [1.29, 1.82) is 0 Å². The molecule has 0 aliphatic heterocycles. The quantitative estimate of drug-likeness (QED) is 0.694. The lowest BCUT2D eigenvalue weighted by Crippen LogP contribution is -2.38. The highest BCUT2D eigenvalue weighted by atomic mass is 19.4. The summed E-state index contributed by atoms with van der Waals surface area (Å²) in [5.74, 6) is -0.158. The zero-order valence-electron chi connectivity index (χ0n) is 12.8. The van der Waals surface area contributed by atoms with Gasteiger partial charge in [0.25, 0.3) is 5.91 Å². The molecule has 3 rings (SSSR count). The van der Waals surface area contributed by atoms with Gasteiger partial charge in [-0.15, -0.1) is 0 Å². The molecule has 0 saturated carbocycles. The normalized spacial score (nSPS) is 11.5. The Morgan fingerprint density at radius 3 is 2.68 bits per heavy atom. The number of alkyl halides is 3. The van der Waals surface area contributed by atoms with Crippen molar-refractivity contribution in [3.8, 4) is 0 Å². The lowest BCUT2D eigenvalue weighted by atomic mass is 10.2. The Labute approximate surface area is 139 Å². The molecule has 2 N–H and O–H groups in total. The van der Waals surface area contributed by atoms with Gasteiger partial charge in [-0.25, -0.2) is 0 Å². The maximum Gasteiger partial charge on any atom is 0.435 e. The molecule has 1 amide bonds. The molecule has 0 aliphatic rings. The molecule has 25 heavy (non-hydrogen) atoms. The highest BCUT2D eigenvalue weighted by molar-refractivity contribution is 5.82. The Balaban J connectivity index is 1.56. The second kappa shape index (κ2) is 6.34. The highest BCUT2D eigenvalue weighted by Gasteiger charge is 2.33. The van der Waals surface area contributed by atoms with E-state index >= 15 is 0 Å². The summed E-state index contributed by atoms with van der Waals surface area (Å²) in [7, 11) is 0. The molecule has 130 valence electrons. The molecule has 2 aromatic heterocycles. The summed E-state index contributed by atoms with van der Waals surface area (Å²) >= 11 is 0. The number of amides is 1. The number of hydrogen-bond donors (Lipinski definition) is 2. The van der Waals surface area contributed by atoms with E-state index in [0.29, 0.717) is 17.0 Å². The number of para-hydroxylation sites is 1. The molecule has 0 fully saturated rings. The van der Waals surface area contributed by atoms with Gasteiger partial charge >= 0.3 is 6.18 Å². The van der Waals surface area contributed by atoms with Crippen LogP contribution in [0.3, 0.4) is 0 Å². The molecule has 0 aliphatic carbocycles. The number of aromatic nitrogens is 2. The predicted molar refractivity (Wildman–Crippen MR) is 83.8 cm³/mol. The van der Waals surface area contributed by atoms with Crippen LogP contribution < -0.4 is 10.9 Å². The minimum atomic E-state index is -4.55. The van der Waals surface area contributed by atoms with E-state index in [2.05, 4.69) is 22.5 Å². The van der Waals surface area contributed by atoms with Crippen LogP contribution in [0.2, 0.25) is 0 Å². The van der Waals surface area contributed by atoms with E-state index in [1.165, 1.54) is 0 Å². The fraction of sp³-hybridized carbons (Fsp3) is 0.125. The number of hydrazine groups is 1. The summed E-state index contributed by atoms with van der Waals surface area (Å²) in [6.07, 6.45) is -3.47. The number of rotatable bonds is 5. The maximum absolute atomic E-state index is 12.5. The van der Waals surface area contributed by atoms with Crippen LogP contribution >= 0.6 is 0 Å². The Hall–Kier alpha value is -3.23. The van der Waals surface area contributed by atoms with E-state index in [4.69, 9.17) is 4.42 Å². The standard InChI is InChI=1S/C16H13F3N4O2/c1-10(13-8-11-4-2-3-5-12(11)25-13)20-21-15(24)9-23-7-6-14(22-23)16(17,18)19/h2-8,20H,1,9H2,(H,21,24). The smallest absolute Gasteiger partial charge is 0.435 e. The van der Waals surface area contributed by atoms with Gasteiger partial charge in [0.15, 0.2) is 11.5 Å². The molecular formula is C16H13F3N4O2. The number of halogens is 3. The van der Waals surface area contributed by atoms with Crippen molar-refractivity contribution in [1.82, 2.24) is 20.6 Å². The third-order valence-corrected chi connectivity index (χ3v) is 3.31. The second-order valence-corrected chi connectivity index (χ2v) is 5.20. The Kier molecular flexibility index (Phi) is 4.22. The lowest BCUT2D eigenvalue weighted by Gasteiger charge is -2.09. The number of carbonyl (C=O) groups is 1. The van der Waals surface area contributed by atoms with Crippen LogP contribution in [0.1, 0.15) is 11.5 Å². The molecule has 9 heteroatoms. The van der Waals surface area contributed by atoms with Gasteiger partial charge in [0.2, 0.25) is 0 Å². The summed E-state index contributed by atoms with van der Waals surface area (Å²) in [6.45, 7) is 3.37. The van der Waals surface area contributed by atoms with Gasteiger partial charge in [-0.05, 0) is 18.2 Å². The van der Waals surface area contributed by atoms with E-state index in [0.717, 1.165) is 22.3 Å². The average molecular weight is 350 g/mol. The molecule has 0 atom stereocenters. The number of fused-ring (bicyclic) bond motifs is 1. The van der Waals surface area contributed by atoms with Gasteiger partial charge in [-0.2, -0.15) is 18.3 Å². The molecule has 0 saturated heterocycles. The molecule has 0 spiro atoms. The van der Waals surface area contributed by atoms with Crippen LogP contribution in [0.15, 0.2) is 53.6 Å². The summed E-state index contributed by atoms with van der Waals surface area (Å²) in [5.41, 5.74) is 4.82. The molecule has 0 unspecified atom stereocenters. The van der Waals surface area contributed by atoms with Crippen LogP contribution in [-0.4, -0.2) is 15.7 Å². The van der Waals surface area contributed by atoms with Gasteiger partial charge in [-0.3, -0.25) is 20.3 Å². The molecule has 1 aromatic carbocycles. The van der Waals surface area contributed by atoms with E-state index in [-0.39, 0.29) is 6.54 Å². The van der Waals surface area contributed by atoms with Crippen molar-refractivity contribution in [3.63, 3.8) is 0 Å². The first-order valence-electron chi connectivity index (χ1n) is 7.16. The Bertz CT molecular complexity index is 894. The molecule has 0 bridgehead atoms. The monoisotopic (exact) mass is 350 g/mol. The van der Waals surface area contributed by atoms with Crippen LogP contribution in [0.5, 0.6) is 0 Å². The molecular weight excluding hydrogens is 337 g/mol. The number of nitrogens with zero attached hydrogens (tertiary/aromatic N) is 2. The number of nitrogens with one attached hydrogen (secondary N) is 2. The molecule has 6 nitrogen and oxygen atoms in total. The highest BCUT2D eigenvalue weighted by Crippen LogP contribution is 2.27. The van der Waals surface area contributed by atoms with Gasteiger partial charge in [-0.1, -0.05) is 24.8 Å². The number of benzene rings is 1. The topological polar surface area (TPSA) is 72.1 Å². The summed E-state index contributed by atoms with van der Waals surface area (Å²) < 4.78 is 43.8. The largest absolute Gasteiger partial charge is 0.454 e. The van der Waals surface area contributed by atoms with Crippen LogP contribution in [0.4, 0.5) is 13.2 Å². The minimum absolute atomic E-state index is 0.306. The van der Waals surface area contributed by atoms with Crippen LogP contribution in [-0.2, 0) is 17.5 Å². The zero-order chi connectivity index (χ0) is 18.0. The van der Waals surface area contributed by atoms with Crippen LogP contribution in [0, 0.1) is 0 Å². The van der Waals surface area contributed by atoms with Gasteiger partial charge in [0.1, 0.15) is 12.1 Å². The second-order valence-electron chi connectivity index (χ2n) is 5.20. The minimum Gasteiger partial charge on any atom is -0.454 e. The summed E-state index contributed by atoms with van der Waals surface area (Å²) in [4.78, 5) is 11.8. The van der Waals surface area contributed by atoms with Gasteiger partial charge < -0.3 is 4.42 Å². The zero-order valence-corrected chi connectivity index (χ0v) is 12.8. The summed E-state index contributed by atoms with van der Waals surface area (Å²) in [6, 6.07) is 9.89. The molecule has 2 heterocycles. The Morgan fingerprint density at radius 1 is 1.24 bits per heavy atom. The van der Waals surface area contributed by atoms with E-state index in [1.54, 1.807) is 12.1 Å². The van der Waals surface area contributed by atoms with Crippen molar-refractivity contribution < 1.29 is 22.4 Å². The fourth-order valence-electron chi connectivity index (χ4n) is 2.12. The third kappa shape index (κ3) is 3.82. The van der Waals surface area contributed by atoms with Crippen molar-refractivity contribution in [2.75, 3.05) is 0 Å². The molecule has 0 radical (unpaired) electrons. The molecule has 3 aromatic rings. The van der Waals surface area contributed by atoms with Gasteiger partial charge in [0.05, 0.1) is 5.70 Å². The van der Waals surface area contributed by atoms with Gasteiger partial charge in [0, 0.05) is 11.6 Å². The summed E-state index contributed by atoms with van der Waals surface area (Å²) in [5, 5.41) is 4.18. The third-order valence-electron chi connectivity index (χ3n) is 3.31. The number of furan rings is 1.